The Kier molecular flexibility index (Phi) is 3.45. The molecule has 76 valence electrons. The van der Waals surface area contributed by atoms with Gasteiger partial charge in [-0.25, -0.2) is 0 Å². The van der Waals surface area contributed by atoms with Crippen molar-refractivity contribution in [3.05, 3.63) is 29.8 Å². The third-order valence-corrected chi connectivity index (χ3v) is 3.57. The fourth-order valence-corrected chi connectivity index (χ4v) is 2.89. The molecule has 1 aliphatic heterocycles. The molecule has 0 fully saturated rings. The van der Waals surface area contributed by atoms with Gasteiger partial charge in [-0.1, -0.05) is 18.2 Å². The normalized spacial score (nSPS) is 19.6. The Morgan fingerprint density at radius 2 is 2.29 bits per heavy atom. The van der Waals surface area contributed by atoms with Gasteiger partial charge < -0.3 is 10.5 Å². The highest BCUT2D eigenvalue weighted by atomic mass is 32.2. The van der Waals surface area contributed by atoms with Gasteiger partial charge in [0.25, 0.3) is 0 Å². The highest BCUT2D eigenvalue weighted by molar-refractivity contribution is 8.00. The summed E-state index contributed by atoms with van der Waals surface area (Å²) in [7, 11) is 0. The van der Waals surface area contributed by atoms with Gasteiger partial charge in [0.05, 0.1) is 13.2 Å². The Hall–Kier alpha value is -0.510. The average molecular weight is 209 g/mol. The van der Waals surface area contributed by atoms with Crippen LogP contribution in [0.1, 0.15) is 5.56 Å². The first-order valence-electron chi connectivity index (χ1n) is 4.92. The molecule has 2 nitrogen and oxygen atoms in total. The molecule has 0 amide bonds. The van der Waals surface area contributed by atoms with Crippen LogP contribution < -0.4 is 5.73 Å². The third-order valence-electron chi connectivity index (χ3n) is 2.28. The van der Waals surface area contributed by atoms with E-state index in [0.717, 1.165) is 13.0 Å². The highest BCUT2D eigenvalue weighted by Crippen LogP contribution is 2.36. The minimum absolute atomic E-state index is 0.582. The van der Waals surface area contributed by atoms with Gasteiger partial charge in [-0.3, -0.25) is 0 Å². The largest absolute Gasteiger partial charge is 0.379 e. The van der Waals surface area contributed by atoms with Crippen molar-refractivity contribution >= 4 is 11.8 Å². The average Bonchev–Trinajstić information content (AvgIpc) is 2.60. The molecule has 1 heterocycles. The number of fused-ring (bicyclic) bond motifs is 1. The maximum atomic E-state index is 5.45. The number of benzene rings is 1. The molecule has 2 N–H and O–H groups in total. The lowest BCUT2D eigenvalue weighted by Crippen LogP contribution is -2.15. The number of ether oxygens (including phenoxy) is 1. The molecule has 0 saturated heterocycles. The topological polar surface area (TPSA) is 35.2 Å². The summed E-state index contributed by atoms with van der Waals surface area (Å²) in [4.78, 5) is 1.41. The number of hydrogen-bond donors (Lipinski definition) is 1. The monoisotopic (exact) mass is 209 g/mol. The first-order chi connectivity index (χ1) is 6.90. The van der Waals surface area contributed by atoms with E-state index in [1.54, 1.807) is 0 Å². The first kappa shape index (κ1) is 10.0. The summed E-state index contributed by atoms with van der Waals surface area (Å²) < 4.78 is 5.45. The summed E-state index contributed by atoms with van der Waals surface area (Å²) in [6, 6.07) is 8.58. The molecule has 1 atom stereocenters. The van der Waals surface area contributed by atoms with E-state index in [9.17, 15) is 0 Å². The molecule has 1 aromatic carbocycles. The van der Waals surface area contributed by atoms with Crippen LogP contribution in [0.3, 0.4) is 0 Å². The van der Waals surface area contributed by atoms with Crippen molar-refractivity contribution in [3.63, 3.8) is 0 Å². The van der Waals surface area contributed by atoms with E-state index in [1.807, 2.05) is 11.8 Å². The Morgan fingerprint density at radius 3 is 3.07 bits per heavy atom. The predicted molar refractivity (Wildman–Crippen MR) is 59.7 cm³/mol. The predicted octanol–water partition coefficient (Wildman–Crippen LogP) is 1.68. The van der Waals surface area contributed by atoms with Crippen LogP contribution >= 0.6 is 11.8 Å². The summed E-state index contributed by atoms with van der Waals surface area (Å²) in [5.41, 5.74) is 6.82. The SMILES string of the molecule is NCCOCC1Cc2ccccc2S1. The second-order valence-electron chi connectivity index (χ2n) is 3.42. The maximum Gasteiger partial charge on any atom is 0.0592 e. The molecule has 0 spiro atoms. The van der Waals surface area contributed by atoms with Crippen molar-refractivity contribution in [2.75, 3.05) is 19.8 Å². The fourth-order valence-electron chi connectivity index (χ4n) is 1.65. The Balaban J connectivity index is 1.86. The highest BCUT2D eigenvalue weighted by Gasteiger charge is 2.21. The van der Waals surface area contributed by atoms with E-state index in [4.69, 9.17) is 10.5 Å². The van der Waals surface area contributed by atoms with Gasteiger partial charge >= 0.3 is 0 Å². The number of thioether (sulfide) groups is 1. The molecule has 0 saturated carbocycles. The van der Waals surface area contributed by atoms with Gasteiger partial charge in [0.2, 0.25) is 0 Å². The van der Waals surface area contributed by atoms with Crippen molar-refractivity contribution in [1.29, 1.82) is 0 Å². The lowest BCUT2D eigenvalue weighted by molar-refractivity contribution is 0.143. The molecule has 3 heteroatoms. The van der Waals surface area contributed by atoms with E-state index in [0.29, 0.717) is 18.4 Å². The zero-order valence-corrected chi connectivity index (χ0v) is 8.93. The zero-order chi connectivity index (χ0) is 9.80. The molecule has 0 bridgehead atoms. The van der Waals surface area contributed by atoms with E-state index >= 15 is 0 Å². The molecule has 2 rings (SSSR count). The molecule has 1 aromatic rings. The summed E-state index contributed by atoms with van der Waals surface area (Å²) in [5.74, 6) is 0. The summed E-state index contributed by atoms with van der Waals surface area (Å²) in [6.45, 7) is 2.11. The molecular formula is C11H15NOS. The molecule has 1 unspecified atom stereocenters. The maximum absolute atomic E-state index is 5.45. The van der Waals surface area contributed by atoms with Gasteiger partial charge in [0.15, 0.2) is 0 Å². The van der Waals surface area contributed by atoms with Gasteiger partial charge in [0.1, 0.15) is 0 Å². The quantitative estimate of drug-likeness (QED) is 0.766. The zero-order valence-electron chi connectivity index (χ0n) is 8.11. The fraction of sp³-hybridized carbons (Fsp3) is 0.455. The van der Waals surface area contributed by atoms with Gasteiger partial charge in [-0.15, -0.1) is 11.8 Å². The third kappa shape index (κ3) is 2.29. The number of nitrogens with two attached hydrogens (primary N) is 1. The minimum Gasteiger partial charge on any atom is -0.379 e. The van der Waals surface area contributed by atoms with E-state index in [-0.39, 0.29) is 0 Å². The summed E-state index contributed by atoms with van der Waals surface area (Å²) in [6.07, 6.45) is 1.13. The second-order valence-corrected chi connectivity index (χ2v) is 4.76. The molecule has 1 aliphatic rings. The Labute approximate surface area is 88.8 Å². The molecular weight excluding hydrogens is 194 g/mol. The minimum atomic E-state index is 0.582. The lowest BCUT2D eigenvalue weighted by Gasteiger charge is -2.07. The van der Waals surface area contributed by atoms with Crippen molar-refractivity contribution in [2.45, 2.75) is 16.6 Å². The molecule has 0 aromatic heterocycles. The number of hydrogen-bond acceptors (Lipinski definition) is 3. The number of rotatable bonds is 4. The van der Waals surface area contributed by atoms with Crippen LogP contribution in [0.15, 0.2) is 29.2 Å². The first-order valence-corrected chi connectivity index (χ1v) is 5.80. The Morgan fingerprint density at radius 1 is 1.43 bits per heavy atom. The van der Waals surface area contributed by atoms with E-state index < -0.39 is 0 Å². The van der Waals surface area contributed by atoms with Crippen molar-refractivity contribution in [1.82, 2.24) is 0 Å². The van der Waals surface area contributed by atoms with Crippen LogP contribution in [0.4, 0.5) is 0 Å². The second kappa shape index (κ2) is 4.82. The van der Waals surface area contributed by atoms with Gasteiger partial charge in [0, 0.05) is 16.7 Å². The Bertz CT molecular complexity index is 278. The van der Waals surface area contributed by atoms with E-state index in [2.05, 4.69) is 24.3 Å². The smallest absolute Gasteiger partial charge is 0.0592 e. The standard InChI is InChI=1S/C11H15NOS/c12-5-6-13-8-10-7-9-3-1-2-4-11(9)14-10/h1-4,10H,5-8,12H2. The van der Waals surface area contributed by atoms with E-state index in [1.165, 1.54) is 10.5 Å². The van der Waals surface area contributed by atoms with Crippen LogP contribution in [0.2, 0.25) is 0 Å². The summed E-state index contributed by atoms with van der Waals surface area (Å²) >= 11 is 1.92. The molecule has 0 aliphatic carbocycles. The van der Waals surface area contributed by atoms with Gasteiger partial charge in [-0.05, 0) is 18.1 Å². The van der Waals surface area contributed by atoms with Crippen molar-refractivity contribution in [2.24, 2.45) is 5.73 Å². The van der Waals surface area contributed by atoms with Crippen molar-refractivity contribution in [3.8, 4) is 0 Å². The van der Waals surface area contributed by atoms with Crippen LogP contribution in [-0.2, 0) is 11.2 Å². The molecule has 0 radical (unpaired) electrons. The van der Waals surface area contributed by atoms with Crippen LogP contribution in [0.5, 0.6) is 0 Å². The van der Waals surface area contributed by atoms with Crippen LogP contribution in [0, 0.1) is 0 Å². The van der Waals surface area contributed by atoms with Crippen LogP contribution in [-0.4, -0.2) is 25.0 Å². The lowest BCUT2D eigenvalue weighted by atomic mass is 10.1. The van der Waals surface area contributed by atoms with Gasteiger partial charge in [-0.2, -0.15) is 0 Å². The van der Waals surface area contributed by atoms with Crippen LogP contribution in [0.25, 0.3) is 0 Å². The molecule has 14 heavy (non-hydrogen) atoms. The summed E-state index contributed by atoms with van der Waals surface area (Å²) in [5, 5.41) is 0.582. The van der Waals surface area contributed by atoms with Crippen molar-refractivity contribution < 1.29 is 4.74 Å².